The van der Waals surface area contributed by atoms with E-state index >= 15 is 0 Å². The number of hydrogen-bond donors (Lipinski definition) is 4. The van der Waals surface area contributed by atoms with Gasteiger partial charge < -0.3 is 25.6 Å². The number of carbonyl (C=O) groups excluding carboxylic acids is 6. The molecule has 4 heterocycles. The van der Waals surface area contributed by atoms with Crippen LogP contribution in [0, 0.1) is 0 Å². The molecule has 3 fully saturated rings. The monoisotopic (exact) mass is 948 g/mol. The molecule has 1 unspecified atom stereocenters. The Balaban J connectivity index is 0.701. The number of unbranched alkanes of at least 4 members (excludes halogenated alkanes) is 3. The first-order valence-corrected chi connectivity index (χ1v) is 24.6. The van der Waals surface area contributed by atoms with Gasteiger partial charge in [-0.15, -0.1) is 0 Å². The maximum Gasteiger partial charge on any atom is 0.322 e. The summed E-state index contributed by atoms with van der Waals surface area (Å²) >= 11 is 0. The molecule has 364 valence electrons. The molecule has 1 atom stereocenters. The third kappa shape index (κ3) is 11.4. The van der Waals surface area contributed by atoms with Gasteiger partial charge >= 0.3 is 6.03 Å². The number of urea groups is 1. The number of piperazine rings is 1. The summed E-state index contributed by atoms with van der Waals surface area (Å²) in [5.41, 5.74) is 4.08. The van der Waals surface area contributed by atoms with Gasteiger partial charge in [0.05, 0.1) is 16.6 Å². The lowest BCUT2D eigenvalue weighted by Crippen LogP contribution is -2.54. The third-order valence-electron chi connectivity index (χ3n) is 13.7. The van der Waals surface area contributed by atoms with Crippen LogP contribution in [0.1, 0.15) is 90.5 Å². The van der Waals surface area contributed by atoms with Gasteiger partial charge in [-0.25, -0.2) is 14.8 Å². The summed E-state index contributed by atoms with van der Waals surface area (Å²) in [7, 11) is 0. The maximum atomic E-state index is 14.1. The van der Waals surface area contributed by atoms with Crippen molar-refractivity contribution in [3.63, 3.8) is 0 Å². The van der Waals surface area contributed by atoms with Crippen LogP contribution < -0.4 is 35.8 Å². The van der Waals surface area contributed by atoms with Crippen LogP contribution in [-0.2, 0) is 20.9 Å². The van der Waals surface area contributed by atoms with E-state index in [1.165, 1.54) is 12.1 Å². The molecule has 70 heavy (non-hydrogen) atoms. The zero-order chi connectivity index (χ0) is 48.4. The molecule has 2 saturated heterocycles. The predicted molar refractivity (Wildman–Crippen MR) is 266 cm³/mol. The maximum absolute atomic E-state index is 14.1. The molecule has 1 aromatic heterocycles. The molecule has 17 heteroatoms. The Hall–Kier alpha value is -7.40. The summed E-state index contributed by atoms with van der Waals surface area (Å²) in [5, 5.41) is 12.8. The van der Waals surface area contributed by atoms with Crippen LogP contribution in [0.3, 0.4) is 0 Å². The van der Waals surface area contributed by atoms with E-state index in [-0.39, 0.29) is 60.3 Å². The van der Waals surface area contributed by atoms with Gasteiger partial charge in [0.1, 0.15) is 11.8 Å². The highest BCUT2D eigenvalue weighted by Gasteiger charge is 2.46. The highest BCUT2D eigenvalue weighted by atomic mass is 16.5. The van der Waals surface area contributed by atoms with Crippen molar-refractivity contribution in [1.29, 1.82) is 0 Å². The molecule has 4 aliphatic rings. The Kier molecular flexibility index (Phi) is 15.2. The number of hydrogen-bond acceptors (Lipinski definition) is 12. The Morgan fingerprint density at radius 2 is 1.54 bits per heavy atom. The molecule has 7 amide bonds. The standard InChI is InChI=1S/C53H60N10O7/c64-46-25-24-44(49(66)59-46)63-50(67)42-17-11-19-45(48(42)51(63)68)70-35-47(65)54-26-8-1-2-9-27-60-28-30-61(31-29-60)40-15-10-16-41(32-40)62(53(69)56-33-36-12-4-3-5-13-36)39-22-20-38(21-23-39)57-52-55-34-37-14-6-7-18-43(37)58-52/h3-7,10-19,32,34,38-39,44H,1-2,8-9,20-31,33,35H2,(H,54,65)(H,56,69)(H,55,57,58)(H,59,64,66). The van der Waals surface area contributed by atoms with Gasteiger partial charge in [0.2, 0.25) is 17.8 Å². The van der Waals surface area contributed by atoms with Crippen molar-refractivity contribution in [2.24, 2.45) is 0 Å². The Labute approximate surface area is 407 Å². The van der Waals surface area contributed by atoms with Gasteiger partial charge in [0.15, 0.2) is 6.61 Å². The van der Waals surface area contributed by atoms with Gasteiger partial charge in [-0.2, -0.15) is 0 Å². The first-order chi connectivity index (χ1) is 34.2. The van der Waals surface area contributed by atoms with E-state index in [1.807, 2.05) is 65.7 Å². The fraction of sp³-hybridized carbons (Fsp3) is 0.396. The molecule has 0 bridgehead atoms. The Morgan fingerprint density at radius 1 is 0.771 bits per heavy atom. The van der Waals surface area contributed by atoms with Gasteiger partial charge in [0, 0.05) is 80.7 Å². The molecule has 3 aliphatic heterocycles. The number of fused-ring (bicyclic) bond motifs is 2. The van der Waals surface area contributed by atoms with E-state index in [0.717, 1.165) is 117 Å². The second-order valence-electron chi connectivity index (χ2n) is 18.4. The molecular weight excluding hydrogens is 889 g/mol. The summed E-state index contributed by atoms with van der Waals surface area (Å²) in [5.74, 6) is -2.07. The minimum Gasteiger partial charge on any atom is -0.483 e. The number of imide groups is 2. The average molecular weight is 949 g/mol. The van der Waals surface area contributed by atoms with E-state index in [9.17, 15) is 28.8 Å². The number of anilines is 3. The highest BCUT2D eigenvalue weighted by Crippen LogP contribution is 2.35. The van der Waals surface area contributed by atoms with E-state index in [1.54, 1.807) is 6.07 Å². The summed E-state index contributed by atoms with van der Waals surface area (Å²) < 4.78 is 5.71. The number of aromatic nitrogens is 2. The summed E-state index contributed by atoms with van der Waals surface area (Å²) in [6.07, 6.45) is 9.26. The summed E-state index contributed by atoms with van der Waals surface area (Å²) in [6.45, 7) is 5.26. The quantitative estimate of drug-likeness (QED) is 0.0587. The predicted octanol–water partition coefficient (Wildman–Crippen LogP) is 6.05. The Bertz CT molecular complexity index is 2700. The summed E-state index contributed by atoms with van der Waals surface area (Å²) in [6, 6.07) is 30.1. The van der Waals surface area contributed by atoms with Crippen LogP contribution in [0.5, 0.6) is 5.75 Å². The molecule has 4 N–H and O–H groups in total. The molecule has 9 rings (SSSR count). The van der Waals surface area contributed by atoms with Crippen LogP contribution >= 0.6 is 0 Å². The minimum atomic E-state index is -1.09. The van der Waals surface area contributed by atoms with Crippen molar-refractivity contribution < 1.29 is 33.5 Å². The first-order valence-electron chi connectivity index (χ1n) is 24.6. The van der Waals surface area contributed by atoms with Crippen molar-refractivity contribution in [2.75, 3.05) is 61.0 Å². The fourth-order valence-electron chi connectivity index (χ4n) is 9.96. The average Bonchev–Trinajstić information content (AvgIpc) is 3.64. The number of nitrogens with zero attached hydrogens (tertiary/aromatic N) is 6. The molecule has 1 saturated carbocycles. The number of nitrogens with one attached hydrogen (secondary N) is 4. The van der Waals surface area contributed by atoms with Crippen molar-refractivity contribution >= 4 is 63.8 Å². The van der Waals surface area contributed by atoms with Crippen LogP contribution in [-0.4, -0.2) is 119 Å². The van der Waals surface area contributed by atoms with Crippen LogP contribution in [0.25, 0.3) is 10.9 Å². The molecule has 17 nitrogen and oxygen atoms in total. The Morgan fingerprint density at radius 3 is 2.36 bits per heavy atom. The second kappa shape index (κ2) is 22.4. The summed E-state index contributed by atoms with van der Waals surface area (Å²) in [4.78, 5) is 94.4. The lowest BCUT2D eigenvalue weighted by molar-refractivity contribution is -0.136. The molecular formula is C53H60N10O7. The van der Waals surface area contributed by atoms with Gasteiger partial charge in [-0.05, 0) is 93.5 Å². The number of benzene rings is 4. The van der Waals surface area contributed by atoms with Crippen molar-refractivity contribution in [1.82, 2.24) is 35.7 Å². The van der Waals surface area contributed by atoms with Crippen molar-refractivity contribution in [3.05, 3.63) is 120 Å². The van der Waals surface area contributed by atoms with Crippen LogP contribution in [0.2, 0.25) is 0 Å². The third-order valence-corrected chi connectivity index (χ3v) is 13.7. The SMILES string of the molecule is O=C(COc1cccc2c1C(=O)N(C1CCC(=O)NC1=O)C2=O)NCCCCCCN1CCN(c2cccc(N(C(=O)NCc3ccccc3)C3CCC(Nc4ncc5ccccc5n4)CC3)c2)CC1. The number of carbonyl (C=O) groups is 6. The van der Waals surface area contributed by atoms with Crippen LogP contribution in [0.4, 0.5) is 22.1 Å². The lowest BCUT2D eigenvalue weighted by atomic mass is 9.90. The van der Waals surface area contributed by atoms with Crippen molar-refractivity contribution in [3.8, 4) is 5.75 Å². The molecule has 0 radical (unpaired) electrons. The molecule has 0 spiro atoms. The smallest absolute Gasteiger partial charge is 0.322 e. The fourth-order valence-corrected chi connectivity index (χ4v) is 9.96. The van der Waals surface area contributed by atoms with Gasteiger partial charge in [0.25, 0.3) is 17.7 Å². The number of ether oxygens (including phenoxy) is 1. The first kappa shape index (κ1) is 47.7. The molecule has 1 aliphatic carbocycles. The van der Waals surface area contributed by atoms with Gasteiger partial charge in [-0.1, -0.05) is 73.5 Å². The second-order valence-corrected chi connectivity index (χ2v) is 18.4. The normalized spacial score (nSPS) is 19.4. The lowest BCUT2D eigenvalue weighted by Gasteiger charge is -2.39. The van der Waals surface area contributed by atoms with E-state index in [4.69, 9.17) is 9.72 Å². The number of piperidine rings is 1. The van der Waals surface area contributed by atoms with Gasteiger partial charge in [-0.3, -0.25) is 44.0 Å². The van der Waals surface area contributed by atoms with E-state index in [2.05, 4.69) is 60.3 Å². The number of para-hydroxylation sites is 1. The molecule has 4 aromatic carbocycles. The number of amides is 7. The van der Waals surface area contributed by atoms with Crippen LogP contribution in [0.15, 0.2) is 103 Å². The largest absolute Gasteiger partial charge is 0.483 e. The van der Waals surface area contributed by atoms with Crippen molar-refractivity contribution in [2.45, 2.75) is 88.9 Å². The topological polar surface area (TPSA) is 199 Å². The zero-order valence-electron chi connectivity index (χ0n) is 39.3. The van der Waals surface area contributed by atoms with E-state index in [0.29, 0.717) is 19.0 Å². The van der Waals surface area contributed by atoms with E-state index < -0.39 is 29.7 Å². The molecule has 5 aromatic rings. The minimum absolute atomic E-state index is 0.0101. The highest BCUT2D eigenvalue weighted by molar-refractivity contribution is 6.24. The zero-order valence-corrected chi connectivity index (χ0v) is 39.3. The number of rotatable bonds is 18.